The number of aromatic nitrogens is 4. The van der Waals surface area contributed by atoms with Gasteiger partial charge < -0.3 is 9.64 Å². The number of piperidine rings is 1. The van der Waals surface area contributed by atoms with Gasteiger partial charge in [0, 0.05) is 18.5 Å². The third-order valence-electron chi connectivity index (χ3n) is 5.67. The summed E-state index contributed by atoms with van der Waals surface area (Å²) in [6, 6.07) is 3.75. The Bertz CT molecular complexity index is 671. The van der Waals surface area contributed by atoms with E-state index in [4.69, 9.17) is 4.74 Å². The molecule has 2 aliphatic rings. The van der Waals surface area contributed by atoms with Crippen LogP contribution in [0.15, 0.2) is 12.1 Å². The van der Waals surface area contributed by atoms with E-state index in [1.165, 1.54) is 51.7 Å². The maximum atomic E-state index is 5.24. The Balaban J connectivity index is 1.40. The van der Waals surface area contributed by atoms with Crippen molar-refractivity contribution in [3.05, 3.63) is 18.0 Å². The third kappa shape index (κ3) is 3.24. The summed E-state index contributed by atoms with van der Waals surface area (Å²) in [6.07, 6.45) is 9.45. The summed E-state index contributed by atoms with van der Waals surface area (Å²) < 4.78 is 7.10. The van der Waals surface area contributed by atoms with Gasteiger partial charge in [0.1, 0.15) is 0 Å². The van der Waals surface area contributed by atoms with Crippen molar-refractivity contribution < 1.29 is 4.74 Å². The molecule has 0 amide bonds. The molecule has 0 radical (unpaired) electrons. The van der Waals surface area contributed by atoms with E-state index in [1.807, 2.05) is 16.6 Å². The number of fused-ring (bicyclic) bond motifs is 1. The van der Waals surface area contributed by atoms with Gasteiger partial charge in [-0.3, -0.25) is 0 Å². The minimum atomic E-state index is 0.446. The van der Waals surface area contributed by atoms with Crippen LogP contribution >= 0.6 is 0 Å². The van der Waals surface area contributed by atoms with Crippen LogP contribution in [0.1, 0.15) is 56.7 Å². The zero-order chi connectivity index (χ0) is 16.4. The highest BCUT2D eigenvalue weighted by atomic mass is 16.5. The molecule has 0 bridgehead atoms. The predicted molar refractivity (Wildman–Crippen MR) is 92.3 cm³/mol. The van der Waals surface area contributed by atoms with E-state index < -0.39 is 0 Å². The largest absolute Gasteiger partial charge is 0.480 e. The second kappa shape index (κ2) is 7.05. The molecule has 2 aromatic heterocycles. The number of methoxy groups -OCH3 is 1. The number of ether oxygens (including phenoxy) is 1. The van der Waals surface area contributed by atoms with Crippen molar-refractivity contribution in [2.75, 3.05) is 26.7 Å². The molecule has 4 rings (SSSR count). The standard InChI is InChI=1S/C18H27N5O/c1-24-17-8-7-16-19-20-18(23(16)21-17)15-9-11-22(12-10-15)13-14-5-3-2-4-6-14/h7-8,14-15H,2-6,9-13H2,1H3. The average molecular weight is 329 g/mol. The van der Waals surface area contributed by atoms with E-state index in [0.717, 1.165) is 30.2 Å². The molecule has 24 heavy (non-hydrogen) atoms. The zero-order valence-corrected chi connectivity index (χ0v) is 14.5. The van der Waals surface area contributed by atoms with E-state index in [1.54, 1.807) is 7.11 Å². The number of hydrogen-bond acceptors (Lipinski definition) is 5. The van der Waals surface area contributed by atoms with Gasteiger partial charge in [0.05, 0.1) is 7.11 Å². The summed E-state index contributed by atoms with van der Waals surface area (Å²) in [5.74, 6) is 2.97. The Hall–Kier alpha value is -1.69. The molecule has 3 heterocycles. The second-order valence-electron chi connectivity index (χ2n) is 7.28. The molecule has 0 unspecified atom stereocenters. The summed E-state index contributed by atoms with van der Waals surface area (Å²) >= 11 is 0. The highest BCUT2D eigenvalue weighted by Crippen LogP contribution is 2.30. The molecule has 0 aromatic carbocycles. The molecule has 0 N–H and O–H groups in total. The fourth-order valence-corrected chi connectivity index (χ4v) is 4.26. The van der Waals surface area contributed by atoms with E-state index in [2.05, 4.69) is 20.2 Å². The first kappa shape index (κ1) is 15.8. The lowest BCUT2D eigenvalue weighted by Gasteiger charge is -2.34. The van der Waals surface area contributed by atoms with Gasteiger partial charge in [-0.15, -0.1) is 15.3 Å². The molecule has 6 heteroatoms. The summed E-state index contributed by atoms with van der Waals surface area (Å²) in [5.41, 5.74) is 0.801. The molecule has 0 spiro atoms. The Morgan fingerprint density at radius 2 is 1.83 bits per heavy atom. The van der Waals surface area contributed by atoms with Crippen molar-refractivity contribution in [2.24, 2.45) is 5.92 Å². The molecule has 0 atom stereocenters. The van der Waals surface area contributed by atoms with Crippen molar-refractivity contribution >= 4 is 5.65 Å². The summed E-state index contributed by atoms with van der Waals surface area (Å²) in [5, 5.41) is 13.2. The summed E-state index contributed by atoms with van der Waals surface area (Å²) in [6.45, 7) is 3.62. The number of hydrogen-bond donors (Lipinski definition) is 0. The normalized spacial score (nSPS) is 21.4. The molecule has 6 nitrogen and oxygen atoms in total. The molecule has 2 aromatic rings. The molecule has 130 valence electrons. The van der Waals surface area contributed by atoms with Gasteiger partial charge in [0.15, 0.2) is 11.5 Å². The Kier molecular flexibility index (Phi) is 4.65. The molecule has 1 aliphatic carbocycles. The van der Waals surface area contributed by atoms with Gasteiger partial charge in [0.2, 0.25) is 5.88 Å². The molecule has 1 saturated heterocycles. The van der Waals surface area contributed by atoms with Crippen molar-refractivity contribution in [2.45, 2.75) is 50.9 Å². The van der Waals surface area contributed by atoms with E-state index in [0.29, 0.717) is 11.8 Å². The van der Waals surface area contributed by atoms with Crippen LogP contribution in [0, 0.1) is 5.92 Å². The predicted octanol–water partition coefficient (Wildman–Crippen LogP) is 2.89. The highest BCUT2D eigenvalue weighted by molar-refractivity contribution is 5.38. The molecular formula is C18H27N5O. The van der Waals surface area contributed by atoms with Gasteiger partial charge in [-0.2, -0.15) is 4.52 Å². The fraction of sp³-hybridized carbons (Fsp3) is 0.722. The minimum absolute atomic E-state index is 0.446. The van der Waals surface area contributed by atoms with Gasteiger partial charge in [-0.25, -0.2) is 0 Å². The van der Waals surface area contributed by atoms with Crippen LogP contribution in [0.25, 0.3) is 5.65 Å². The molecular weight excluding hydrogens is 302 g/mol. The highest BCUT2D eigenvalue weighted by Gasteiger charge is 2.26. The first-order chi connectivity index (χ1) is 11.8. The number of likely N-dealkylation sites (tertiary alicyclic amines) is 1. The van der Waals surface area contributed by atoms with Crippen LogP contribution in [-0.4, -0.2) is 51.5 Å². The lowest BCUT2D eigenvalue weighted by Crippen LogP contribution is -2.37. The smallest absolute Gasteiger partial charge is 0.231 e. The van der Waals surface area contributed by atoms with Crippen LogP contribution < -0.4 is 4.74 Å². The van der Waals surface area contributed by atoms with Crippen LogP contribution in [0.2, 0.25) is 0 Å². The zero-order valence-electron chi connectivity index (χ0n) is 14.5. The van der Waals surface area contributed by atoms with E-state index in [-0.39, 0.29) is 0 Å². The Morgan fingerprint density at radius 1 is 1.04 bits per heavy atom. The van der Waals surface area contributed by atoms with Gasteiger partial charge in [-0.05, 0) is 50.8 Å². The lowest BCUT2D eigenvalue weighted by molar-refractivity contribution is 0.161. The van der Waals surface area contributed by atoms with E-state index in [9.17, 15) is 0 Å². The van der Waals surface area contributed by atoms with Crippen LogP contribution in [0.3, 0.4) is 0 Å². The maximum Gasteiger partial charge on any atom is 0.231 e. The lowest BCUT2D eigenvalue weighted by atomic mass is 9.88. The Labute approximate surface area is 143 Å². The minimum Gasteiger partial charge on any atom is -0.480 e. The summed E-state index contributed by atoms with van der Waals surface area (Å²) in [7, 11) is 1.64. The van der Waals surface area contributed by atoms with Gasteiger partial charge >= 0.3 is 0 Å². The number of rotatable bonds is 4. The van der Waals surface area contributed by atoms with Crippen LogP contribution in [-0.2, 0) is 0 Å². The number of nitrogens with zero attached hydrogens (tertiary/aromatic N) is 5. The van der Waals surface area contributed by atoms with Crippen molar-refractivity contribution in [1.29, 1.82) is 0 Å². The molecule has 1 aliphatic heterocycles. The molecule has 1 saturated carbocycles. The van der Waals surface area contributed by atoms with Gasteiger partial charge in [-0.1, -0.05) is 19.3 Å². The SMILES string of the molecule is COc1ccc2nnc(C3CCN(CC4CCCCC4)CC3)n2n1. The maximum absolute atomic E-state index is 5.24. The summed E-state index contributed by atoms with van der Waals surface area (Å²) in [4.78, 5) is 2.66. The first-order valence-corrected chi connectivity index (χ1v) is 9.32. The van der Waals surface area contributed by atoms with Crippen molar-refractivity contribution in [3.63, 3.8) is 0 Å². The molecule has 2 fully saturated rings. The quantitative estimate of drug-likeness (QED) is 0.863. The van der Waals surface area contributed by atoms with Crippen LogP contribution in [0.4, 0.5) is 0 Å². The second-order valence-corrected chi connectivity index (χ2v) is 7.28. The van der Waals surface area contributed by atoms with Crippen LogP contribution in [0.5, 0.6) is 5.88 Å². The fourth-order valence-electron chi connectivity index (χ4n) is 4.26. The Morgan fingerprint density at radius 3 is 2.58 bits per heavy atom. The average Bonchev–Trinajstić information content (AvgIpc) is 3.06. The van der Waals surface area contributed by atoms with Crippen molar-refractivity contribution in [3.8, 4) is 5.88 Å². The monoisotopic (exact) mass is 329 g/mol. The third-order valence-corrected chi connectivity index (χ3v) is 5.67. The van der Waals surface area contributed by atoms with Crippen molar-refractivity contribution in [1.82, 2.24) is 24.7 Å². The van der Waals surface area contributed by atoms with E-state index >= 15 is 0 Å². The first-order valence-electron chi connectivity index (χ1n) is 9.32. The van der Waals surface area contributed by atoms with Gasteiger partial charge in [0.25, 0.3) is 0 Å². The topological polar surface area (TPSA) is 55.6 Å².